The molecule has 15 heavy (non-hydrogen) atoms. The fourth-order valence-corrected chi connectivity index (χ4v) is 2.32. The molecular formula is C15H24. The molecule has 0 spiro atoms. The van der Waals surface area contributed by atoms with Crippen LogP contribution in [0.4, 0.5) is 0 Å². The van der Waals surface area contributed by atoms with E-state index in [1.54, 1.807) is 11.1 Å². The quantitative estimate of drug-likeness (QED) is 0.553. The summed E-state index contributed by atoms with van der Waals surface area (Å²) >= 11 is 0. The summed E-state index contributed by atoms with van der Waals surface area (Å²) in [4.78, 5) is 0. The topological polar surface area (TPSA) is 0 Å². The minimum atomic E-state index is 0.368. The summed E-state index contributed by atoms with van der Waals surface area (Å²) < 4.78 is 0. The molecule has 0 aliphatic heterocycles. The van der Waals surface area contributed by atoms with E-state index in [0.29, 0.717) is 5.41 Å². The van der Waals surface area contributed by atoms with Crippen molar-refractivity contribution in [2.45, 2.75) is 53.9 Å². The normalized spacial score (nSPS) is 22.6. The lowest BCUT2D eigenvalue weighted by Crippen LogP contribution is -2.19. The van der Waals surface area contributed by atoms with Crippen LogP contribution in [0.2, 0.25) is 0 Å². The van der Waals surface area contributed by atoms with Gasteiger partial charge in [-0.05, 0) is 51.0 Å². The average molecular weight is 204 g/mol. The minimum absolute atomic E-state index is 0.368. The Kier molecular flexibility index (Phi) is 3.96. The summed E-state index contributed by atoms with van der Waals surface area (Å²) in [6, 6.07) is 0. The number of hydrogen-bond acceptors (Lipinski definition) is 0. The van der Waals surface area contributed by atoms with Gasteiger partial charge in [-0.1, -0.05) is 43.2 Å². The highest BCUT2D eigenvalue weighted by atomic mass is 14.3. The minimum Gasteiger partial charge on any atom is -0.0847 e. The highest BCUT2D eigenvalue weighted by Crippen LogP contribution is 2.40. The molecule has 0 atom stereocenters. The molecule has 0 heterocycles. The molecule has 0 aromatic carbocycles. The lowest BCUT2D eigenvalue weighted by Gasteiger charge is -2.32. The van der Waals surface area contributed by atoms with Crippen molar-refractivity contribution in [2.75, 3.05) is 0 Å². The van der Waals surface area contributed by atoms with Gasteiger partial charge in [0, 0.05) is 0 Å². The van der Waals surface area contributed by atoms with Crippen molar-refractivity contribution in [3.05, 3.63) is 34.9 Å². The molecule has 0 radical (unpaired) electrons. The van der Waals surface area contributed by atoms with E-state index >= 15 is 0 Å². The molecule has 0 saturated heterocycles. The Bertz CT molecular complexity index is 311. The van der Waals surface area contributed by atoms with Crippen LogP contribution in [0.3, 0.4) is 0 Å². The predicted molar refractivity (Wildman–Crippen MR) is 68.9 cm³/mol. The van der Waals surface area contributed by atoms with E-state index in [-0.39, 0.29) is 0 Å². The number of hydrogen-bond donors (Lipinski definition) is 0. The monoisotopic (exact) mass is 204 g/mol. The third-order valence-electron chi connectivity index (χ3n) is 3.51. The molecule has 0 saturated carbocycles. The molecule has 0 amide bonds. The second-order valence-corrected chi connectivity index (χ2v) is 5.30. The third kappa shape index (κ3) is 3.09. The highest BCUT2D eigenvalue weighted by molar-refractivity contribution is 5.35. The highest BCUT2D eigenvalue weighted by Gasteiger charge is 2.26. The Labute approximate surface area is 94.8 Å². The molecule has 1 rings (SSSR count). The van der Waals surface area contributed by atoms with E-state index in [1.165, 1.54) is 24.8 Å². The second-order valence-electron chi connectivity index (χ2n) is 5.30. The molecule has 0 nitrogen and oxygen atoms in total. The number of allylic oxidation sites excluding steroid dienone is 6. The standard InChI is InChI=1S/C15H24/c1-6-12(2)9-10-14-13(3)8-7-11-15(14,4)5/h6,9-10H,7-8,11H2,1-5H3. The van der Waals surface area contributed by atoms with Crippen molar-refractivity contribution in [1.82, 2.24) is 0 Å². The Morgan fingerprint density at radius 1 is 1.33 bits per heavy atom. The van der Waals surface area contributed by atoms with Crippen LogP contribution < -0.4 is 0 Å². The lowest BCUT2D eigenvalue weighted by atomic mass is 9.72. The summed E-state index contributed by atoms with van der Waals surface area (Å²) in [5.41, 5.74) is 4.84. The van der Waals surface area contributed by atoms with Crippen LogP contribution in [0.15, 0.2) is 34.9 Å². The molecule has 0 N–H and O–H groups in total. The number of rotatable bonds is 2. The summed E-state index contributed by atoms with van der Waals surface area (Å²) in [6.45, 7) is 11.3. The van der Waals surface area contributed by atoms with Gasteiger partial charge in [0.05, 0.1) is 0 Å². The van der Waals surface area contributed by atoms with Gasteiger partial charge in [-0.3, -0.25) is 0 Å². The first-order valence-corrected chi connectivity index (χ1v) is 5.98. The van der Waals surface area contributed by atoms with Gasteiger partial charge in [0.2, 0.25) is 0 Å². The van der Waals surface area contributed by atoms with E-state index in [9.17, 15) is 0 Å². The van der Waals surface area contributed by atoms with Crippen molar-refractivity contribution >= 4 is 0 Å². The van der Waals surface area contributed by atoms with Crippen molar-refractivity contribution in [3.63, 3.8) is 0 Å². The van der Waals surface area contributed by atoms with Gasteiger partial charge in [-0.15, -0.1) is 0 Å². The van der Waals surface area contributed by atoms with Crippen LogP contribution >= 0.6 is 0 Å². The Morgan fingerprint density at radius 2 is 2.00 bits per heavy atom. The zero-order valence-corrected chi connectivity index (χ0v) is 10.9. The molecular weight excluding hydrogens is 180 g/mol. The molecule has 0 unspecified atom stereocenters. The maximum Gasteiger partial charge on any atom is -0.0104 e. The average Bonchev–Trinajstić information content (AvgIpc) is 2.15. The van der Waals surface area contributed by atoms with Crippen LogP contribution in [-0.4, -0.2) is 0 Å². The van der Waals surface area contributed by atoms with Crippen molar-refractivity contribution in [1.29, 1.82) is 0 Å². The van der Waals surface area contributed by atoms with Crippen LogP contribution in [0.1, 0.15) is 53.9 Å². The zero-order chi connectivity index (χ0) is 11.5. The Hall–Kier alpha value is -0.780. The van der Waals surface area contributed by atoms with Gasteiger partial charge in [0.15, 0.2) is 0 Å². The van der Waals surface area contributed by atoms with Gasteiger partial charge in [-0.25, -0.2) is 0 Å². The predicted octanol–water partition coefficient (Wildman–Crippen LogP) is 5.04. The van der Waals surface area contributed by atoms with Gasteiger partial charge in [0.1, 0.15) is 0 Å². The van der Waals surface area contributed by atoms with Crippen LogP contribution in [-0.2, 0) is 0 Å². The van der Waals surface area contributed by atoms with Crippen molar-refractivity contribution < 1.29 is 0 Å². The van der Waals surface area contributed by atoms with E-state index in [0.717, 1.165) is 0 Å². The first kappa shape index (κ1) is 12.3. The van der Waals surface area contributed by atoms with Crippen LogP contribution in [0.5, 0.6) is 0 Å². The smallest absolute Gasteiger partial charge is 0.0104 e. The molecule has 84 valence electrons. The molecule has 1 aliphatic rings. The maximum absolute atomic E-state index is 2.36. The summed E-state index contributed by atoms with van der Waals surface area (Å²) in [5.74, 6) is 0. The maximum atomic E-state index is 2.36. The molecule has 0 aromatic heterocycles. The summed E-state index contributed by atoms with van der Waals surface area (Å²) in [7, 11) is 0. The first-order chi connectivity index (χ1) is 6.97. The molecule has 0 heteroatoms. The fourth-order valence-electron chi connectivity index (χ4n) is 2.32. The first-order valence-electron chi connectivity index (χ1n) is 5.98. The Balaban J connectivity index is 2.95. The van der Waals surface area contributed by atoms with Gasteiger partial charge in [0.25, 0.3) is 0 Å². The van der Waals surface area contributed by atoms with Gasteiger partial charge < -0.3 is 0 Å². The Morgan fingerprint density at radius 3 is 2.53 bits per heavy atom. The van der Waals surface area contributed by atoms with Gasteiger partial charge >= 0.3 is 0 Å². The summed E-state index contributed by atoms with van der Waals surface area (Å²) in [5, 5.41) is 0. The van der Waals surface area contributed by atoms with E-state index in [1.807, 2.05) is 0 Å². The molecule has 0 aromatic rings. The van der Waals surface area contributed by atoms with E-state index < -0.39 is 0 Å². The molecule has 0 bridgehead atoms. The molecule has 0 fully saturated rings. The van der Waals surface area contributed by atoms with Crippen molar-refractivity contribution in [2.24, 2.45) is 5.41 Å². The van der Waals surface area contributed by atoms with E-state index in [2.05, 4.69) is 52.8 Å². The zero-order valence-electron chi connectivity index (χ0n) is 10.9. The van der Waals surface area contributed by atoms with Crippen LogP contribution in [0.25, 0.3) is 0 Å². The lowest BCUT2D eigenvalue weighted by molar-refractivity contribution is 0.377. The second kappa shape index (κ2) is 4.83. The van der Waals surface area contributed by atoms with E-state index in [4.69, 9.17) is 0 Å². The third-order valence-corrected chi connectivity index (χ3v) is 3.51. The summed E-state index contributed by atoms with van der Waals surface area (Å²) in [6.07, 6.45) is 10.7. The SMILES string of the molecule is CC=C(C)C=CC1=C(C)CCCC1(C)C. The fraction of sp³-hybridized carbons (Fsp3) is 0.600. The van der Waals surface area contributed by atoms with Gasteiger partial charge in [-0.2, -0.15) is 0 Å². The molecule has 1 aliphatic carbocycles. The van der Waals surface area contributed by atoms with Crippen molar-refractivity contribution in [3.8, 4) is 0 Å². The van der Waals surface area contributed by atoms with Crippen LogP contribution in [0, 0.1) is 5.41 Å². The largest absolute Gasteiger partial charge is 0.0847 e.